The van der Waals surface area contributed by atoms with Crippen LogP contribution in [0, 0.1) is 11.8 Å². The van der Waals surface area contributed by atoms with Crippen LogP contribution in [0.25, 0.3) is 11.4 Å². The van der Waals surface area contributed by atoms with E-state index >= 15 is 0 Å². The fourth-order valence-corrected chi connectivity index (χ4v) is 4.97. The molecule has 1 N–H and O–H groups in total. The first-order valence-electron chi connectivity index (χ1n) is 10.0. The van der Waals surface area contributed by atoms with E-state index in [1.807, 2.05) is 30.1 Å². The number of rotatable bonds is 6. The van der Waals surface area contributed by atoms with Gasteiger partial charge >= 0.3 is 0 Å². The summed E-state index contributed by atoms with van der Waals surface area (Å²) in [6.07, 6.45) is 5.41. The lowest BCUT2D eigenvalue weighted by molar-refractivity contribution is -0.132. The topological polar surface area (TPSA) is 79.5 Å². The number of hydrogen-bond acceptors (Lipinski definition) is 5. The number of hydrogen-bond donors (Lipinski definition) is 1. The second-order valence-electron chi connectivity index (χ2n) is 8.12. The Morgan fingerprint density at radius 3 is 2.68 bits per heavy atom. The molecular weight excluding hydrogens is 378 g/mol. The van der Waals surface area contributed by atoms with Gasteiger partial charge in [0.25, 0.3) is 0 Å². The van der Waals surface area contributed by atoms with Crippen molar-refractivity contribution in [2.75, 3.05) is 7.05 Å². The predicted octanol–water partition coefficient (Wildman–Crippen LogP) is 3.72. The van der Waals surface area contributed by atoms with Gasteiger partial charge < -0.3 is 14.5 Å². The Bertz CT molecular complexity index is 826. The van der Waals surface area contributed by atoms with Gasteiger partial charge in [-0.2, -0.15) is 4.98 Å². The molecule has 1 aromatic carbocycles. The Labute approximate surface area is 169 Å². The fraction of sp³-hybridized carbons (Fsp3) is 0.571. The van der Waals surface area contributed by atoms with Gasteiger partial charge in [-0.1, -0.05) is 28.9 Å². The van der Waals surface area contributed by atoms with E-state index in [0.717, 1.165) is 31.2 Å². The average Bonchev–Trinajstić information content (AvgIpc) is 3.36. The van der Waals surface area contributed by atoms with Crippen LogP contribution in [-0.2, 0) is 11.2 Å². The quantitative estimate of drug-likeness (QED) is 0.795. The number of aryl methyl sites for hydroxylation is 1. The van der Waals surface area contributed by atoms with Gasteiger partial charge in [0.05, 0.1) is 11.1 Å². The summed E-state index contributed by atoms with van der Waals surface area (Å²) in [7, 11) is 1.91. The molecule has 28 heavy (non-hydrogen) atoms. The summed E-state index contributed by atoms with van der Waals surface area (Å²) < 4.78 is 5.31. The van der Waals surface area contributed by atoms with E-state index in [9.17, 15) is 9.90 Å². The highest BCUT2D eigenvalue weighted by Crippen LogP contribution is 2.45. The minimum atomic E-state index is -0.137. The summed E-state index contributed by atoms with van der Waals surface area (Å²) in [4.78, 5) is 18.9. The van der Waals surface area contributed by atoms with Crippen molar-refractivity contribution in [2.24, 2.45) is 11.8 Å². The third-order valence-electron chi connectivity index (χ3n) is 6.27. The second kappa shape index (κ2) is 8.21. The van der Waals surface area contributed by atoms with Crippen molar-refractivity contribution in [2.45, 2.75) is 57.1 Å². The summed E-state index contributed by atoms with van der Waals surface area (Å²) >= 11 is 6.17. The predicted molar refractivity (Wildman–Crippen MR) is 106 cm³/mol. The largest absolute Gasteiger partial charge is 0.393 e. The molecule has 0 aliphatic heterocycles. The molecule has 2 aliphatic rings. The normalized spacial score (nSPS) is 26.4. The van der Waals surface area contributed by atoms with Crippen LogP contribution < -0.4 is 0 Å². The molecule has 1 aromatic heterocycles. The zero-order valence-electron chi connectivity index (χ0n) is 16.1. The Balaban J connectivity index is 1.25. The monoisotopic (exact) mass is 403 g/mol. The molecule has 2 aromatic rings. The molecule has 1 heterocycles. The van der Waals surface area contributed by atoms with Crippen LogP contribution in [0.1, 0.15) is 44.4 Å². The number of carbonyl (C=O) groups excluding carboxylic acids is 1. The maximum atomic E-state index is 12.6. The molecular formula is C21H26ClN3O3. The Morgan fingerprint density at radius 2 is 1.96 bits per heavy atom. The van der Waals surface area contributed by atoms with Gasteiger partial charge in [-0.05, 0) is 56.1 Å². The zero-order valence-corrected chi connectivity index (χ0v) is 16.8. The van der Waals surface area contributed by atoms with Gasteiger partial charge in [0, 0.05) is 31.5 Å². The second-order valence-corrected chi connectivity index (χ2v) is 8.53. The third kappa shape index (κ3) is 4.08. The fourth-order valence-electron chi connectivity index (χ4n) is 4.75. The first-order chi connectivity index (χ1) is 13.5. The molecule has 0 bridgehead atoms. The SMILES string of the molecule is CN(C(=O)CCCc1nc(-c2ccccc2Cl)no1)C1C[C@H]2CC(O)C[C@H]2C1. The van der Waals surface area contributed by atoms with Crippen LogP contribution in [0.5, 0.6) is 0 Å². The number of benzene rings is 1. The zero-order chi connectivity index (χ0) is 19.7. The van der Waals surface area contributed by atoms with E-state index in [4.69, 9.17) is 16.1 Å². The molecule has 0 spiro atoms. The number of aliphatic hydroxyl groups excluding tert-OH is 1. The molecule has 4 atom stereocenters. The molecule has 4 rings (SSSR count). The molecule has 150 valence electrons. The van der Waals surface area contributed by atoms with Gasteiger partial charge in [0.2, 0.25) is 17.6 Å². The van der Waals surface area contributed by atoms with E-state index < -0.39 is 0 Å². The highest BCUT2D eigenvalue weighted by molar-refractivity contribution is 6.33. The number of halogens is 1. The van der Waals surface area contributed by atoms with Gasteiger partial charge in [-0.3, -0.25) is 4.79 Å². The van der Waals surface area contributed by atoms with Crippen LogP contribution in [0.15, 0.2) is 28.8 Å². The van der Waals surface area contributed by atoms with E-state index in [1.165, 1.54) is 0 Å². The molecule has 2 unspecified atom stereocenters. The number of amides is 1. The lowest BCUT2D eigenvalue weighted by atomic mass is 10.0. The van der Waals surface area contributed by atoms with Crippen LogP contribution in [-0.4, -0.2) is 45.2 Å². The summed E-state index contributed by atoms with van der Waals surface area (Å²) in [6, 6.07) is 7.69. The molecule has 7 heteroatoms. The molecule has 0 radical (unpaired) electrons. The first kappa shape index (κ1) is 19.4. The van der Waals surface area contributed by atoms with E-state index in [0.29, 0.717) is 53.9 Å². The van der Waals surface area contributed by atoms with Crippen molar-refractivity contribution in [3.8, 4) is 11.4 Å². The highest BCUT2D eigenvalue weighted by atomic mass is 35.5. The van der Waals surface area contributed by atoms with Gasteiger partial charge in [-0.15, -0.1) is 0 Å². The molecule has 6 nitrogen and oxygen atoms in total. The number of fused-ring (bicyclic) bond motifs is 1. The molecule has 2 fully saturated rings. The van der Waals surface area contributed by atoms with Crippen molar-refractivity contribution < 1.29 is 14.4 Å². The summed E-state index contributed by atoms with van der Waals surface area (Å²) in [6.45, 7) is 0. The first-order valence-corrected chi connectivity index (χ1v) is 10.4. The summed E-state index contributed by atoms with van der Waals surface area (Å²) in [5, 5.41) is 14.4. The van der Waals surface area contributed by atoms with E-state index in [1.54, 1.807) is 6.07 Å². The number of nitrogens with zero attached hydrogens (tertiary/aromatic N) is 3. The lowest BCUT2D eigenvalue weighted by Crippen LogP contribution is -2.35. The van der Waals surface area contributed by atoms with Crippen molar-refractivity contribution in [1.82, 2.24) is 15.0 Å². The van der Waals surface area contributed by atoms with Crippen LogP contribution >= 0.6 is 11.6 Å². The van der Waals surface area contributed by atoms with Gasteiger partial charge in [-0.25, -0.2) is 0 Å². The third-order valence-corrected chi connectivity index (χ3v) is 6.60. The Morgan fingerprint density at radius 1 is 1.25 bits per heavy atom. The number of aromatic nitrogens is 2. The van der Waals surface area contributed by atoms with Gasteiger partial charge in [0.1, 0.15) is 0 Å². The average molecular weight is 404 g/mol. The summed E-state index contributed by atoms with van der Waals surface area (Å²) in [5.74, 6) is 2.32. The van der Waals surface area contributed by atoms with Crippen molar-refractivity contribution in [1.29, 1.82) is 0 Å². The highest BCUT2D eigenvalue weighted by Gasteiger charge is 2.42. The van der Waals surface area contributed by atoms with Crippen molar-refractivity contribution in [3.63, 3.8) is 0 Å². The van der Waals surface area contributed by atoms with Crippen LogP contribution in [0.4, 0.5) is 0 Å². The van der Waals surface area contributed by atoms with Crippen LogP contribution in [0.2, 0.25) is 5.02 Å². The molecule has 2 aliphatic carbocycles. The lowest BCUT2D eigenvalue weighted by Gasteiger charge is -2.25. The summed E-state index contributed by atoms with van der Waals surface area (Å²) in [5.41, 5.74) is 0.742. The van der Waals surface area contributed by atoms with E-state index in [-0.39, 0.29) is 12.0 Å². The number of carbonyl (C=O) groups is 1. The van der Waals surface area contributed by atoms with Gasteiger partial charge in [0.15, 0.2) is 0 Å². The molecule has 0 saturated heterocycles. The Hall–Kier alpha value is -1.92. The molecule has 2 saturated carbocycles. The maximum Gasteiger partial charge on any atom is 0.226 e. The number of aliphatic hydroxyl groups is 1. The smallest absolute Gasteiger partial charge is 0.226 e. The maximum absolute atomic E-state index is 12.6. The Kier molecular flexibility index (Phi) is 5.69. The van der Waals surface area contributed by atoms with E-state index in [2.05, 4.69) is 10.1 Å². The van der Waals surface area contributed by atoms with Crippen molar-refractivity contribution in [3.05, 3.63) is 35.2 Å². The standard InChI is InChI=1S/C21H26ClN3O3/c1-25(15-9-13-11-16(26)12-14(13)10-15)20(27)8-4-7-19-23-21(24-28-19)17-5-2-3-6-18(17)22/h2-3,5-6,13-16,26H,4,7-12H2,1H3/t13-,14+,15?,16?. The molecule has 1 amide bonds. The van der Waals surface area contributed by atoms with Crippen molar-refractivity contribution >= 4 is 17.5 Å². The van der Waals surface area contributed by atoms with Crippen LogP contribution in [0.3, 0.4) is 0 Å². The minimum absolute atomic E-state index is 0.137. The minimum Gasteiger partial charge on any atom is -0.393 e.